The minimum Gasteiger partial charge on any atom is -0.397 e. The Morgan fingerprint density at radius 1 is 1.32 bits per heavy atom. The van der Waals surface area contributed by atoms with E-state index in [1.807, 2.05) is 0 Å². The second kappa shape index (κ2) is 5.44. The van der Waals surface area contributed by atoms with Gasteiger partial charge in [-0.25, -0.2) is 8.78 Å². The number of hydrogen-bond acceptors (Lipinski definition) is 3. The normalized spacial score (nSPS) is 10.5. The maximum Gasteiger partial charge on any atom is 0.187 e. The van der Waals surface area contributed by atoms with Gasteiger partial charge in [-0.1, -0.05) is 0 Å². The molecule has 98 valence electrons. The molecule has 6 heteroatoms. The van der Waals surface area contributed by atoms with Gasteiger partial charge in [-0.3, -0.25) is 9.78 Å². The number of nitrogens with zero attached hydrogens (tertiary/aromatic N) is 1. The highest BCUT2D eigenvalue weighted by molar-refractivity contribution is 9.10. The van der Waals surface area contributed by atoms with E-state index in [0.717, 1.165) is 6.07 Å². The first-order valence-corrected chi connectivity index (χ1v) is 6.16. The lowest BCUT2D eigenvalue weighted by Crippen LogP contribution is -2.11. The Kier molecular flexibility index (Phi) is 3.90. The minimum absolute atomic E-state index is 0.0151. The molecule has 1 heterocycles. The molecule has 1 aromatic carbocycles. The van der Waals surface area contributed by atoms with Crippen molar-refractivity contribution in [3.8, 4) is 0 Å². The lowest BCUT2D eigenvalue weighted by Gasteiger charge is -2.07. The summed E-state index contributed by atoms with van der Waals surface area (Å²) in [6, 6.07) is 5.42. The van der Waals surface area contributed by atoms with Crippen LogP contribution in [0.3, 0.4) is 0 Å². The van der Waals surface area contributed by atoms with Crippen molar-refractivity contribution < 1.29 is 13.6 Å². The molecule has 19 heavy (non-hydrogen) atoms. The number of carbonyl (C=O) groups excluding carboxylic acids is 1. The molecule has 0 aliphatic rings. The fourth-order valence-corrected chi connectivity index (χ4v) is 2.00. The topological polar surface area (TPSA) is 56.0 Å². The fourth-order valence-electron chi connectivity index (χ4n) is 1.63. The highest BCUT2D eigenvalue weighted by Crippen LogP contribution is 2.23. The first kappa shape index (κ1) is 13.6. The van der Waals surface area contributed by atoms with Crippen molar-refractivity contribution in [3.05, 3.63) is 57.8 Å². The molecule has 0 radical (unpaired) electrons. The van der Waals surface area contributed by atoms with Crippen LogP contribution in [0.25, 0.3) is 0 Å². The number of nitrogens with two attached hydrogens (primary N) is 1. The van der Waals surface area contributed by atoms with Crippen LogP contribution in [0.4, 0.5) is 14.5 Å². The summed E-state index contributed by atoms with van der Waals surface area (Å²) in [4.78, 5) is 15.8. The maximum absolute atomic E-state index is 13.7. The average molecular weight is 327 g/mol. The third-order valence-electron chi connectivity index (χ3n) is 2.58. The number of halogens is 3. The second-order valence-corrected chi connectivity index (χ2v) is 4.72. The number of rotatable bonds is 3. The van der Waals surface area contributed by atoms with E-state index in [0.29, 0.717) is 0 Å². The van der Waals surface area contributed by atoms with Crippen LogP contribution in [-0.2, 0) is 6.42 Å². The maximum atomic E-state index is 13.7. The number of benzene rings is 1. The van der Waals surface area contributed by atoms with Crippen molar-refractivity contribution >= 4 is 27.4 Å². The lowest BCUT2D eigenvalue weighted by molar-refractivity contribution is 0.0986. The highest BCUT2D eigenvalue weighted by atomic mass is 79.9. The van der Waals surface area contributed by atoms with Crippen LogP contribution >= 0.6 is 15.9 Å². The second-order valence-electron chi connectivity index (χ2n) is 3.86. The van der Waals surface area contributed by atoms with E-state index in [1.165, 1.54) is 18.3 Å². The van der Waals surface area contributed by atoms with Crippen molar-refractivity contribution in [2.45, 2.75) is 6.42 Å². The average Bonchev–Trinajstić information content (AvgIpc) is 2.39. The number of hydrogen-bond donors (Lipinski definition) is 1. The first-order valence-electron chi connectivity index (χ1n) is 5.36. The number of carbonyl (C=O) groups is 1. The molecular formula is C13H9BrF2N2O. The van der Waals surface area contributed by atoms with Gasteiger partial charge in [0, 0.05) is 18.2 Å². The fraction of sp³-hybridized carbons (Fsp3) is 0.0769. The summed E-state index contributed by atoms with van der Waals surface area (Å²) >= 11 is 2.95. The number of pyridine rings is 1. The molecule has 0 saturated heterocycles. The predicted octanol–water partition coefficient (Wildman–Crippen LogP) is 3.13. The smallest absolute Gasteiger partial charge is 0.187 e. The summed E-state index contributed by atoms with van der Waals surface area (Å²) in [5.41, 5.74) is 5.50. The van der Waals surface area contributed by atoms with Gasteiger partial charge in [0.1, 0.15) is 17.3 Å². The molecular weight excluding hydrogens is 318 g/mol. The SMILES string of the molecule is Nc1cccnc1C(=O)Cc1c(F)ccc(Br)c1F. The molecule has 0 bridgehead atoms. The van der Waals surface area contributed by atoms with Gasteiger partial charge in [0.25, 0.3) is 0 Å². The van der Waals surface area contributed by atoms with E-state index in [4.69, 9.17) is 5.73 Å². The summed E-state index contributed by atoms with van der Waals surface area (Å²) in [6.07, 6.45) is 0.968. The zero-order valence-electron chi connectivity index (χ0n) is 9.66. The van der Waals surface area contributed by atoms with E-state index in [-0.39, 0.29) is 21.4 Å². The van der Waals surface area contributed by atoms with Crippen LogP contribution < -0.4 is 5.73 Å². The molecule has 3 nitrogen and oxygen atoms in total. The summed E-state index contributed by atoms with van der Waals surface area (Å²) < 4.78 is 27.4. The third-order valence-corrected chi connectivity index (χ3v) is 3.19. The molecule has 0 atom stereocenters. The van der Waals surface area contributed by atoms with Crippen molar-refractivity contribution in [2.75, 3.05) is 5.73 Å². The van der Waals surface area contributed by atoms with Gasteiger partial charge >= 0.3 is 0 Å². The van der Waals surface area contributed by atoms with E-state index in [1.54, 1.807) is 6.07 Å². The summed E-state index contributed by atoms with van der Waals surface area (Å²) in [6.45, 7) is 0. The molecule has 2 N–H and O–H groups in total. The van der Waals surface area contributed by atoms with Gasteiger partial charge in [0.2, 0.25) is 0 Å². The molecule has 0 aliphatic heterocycles. The van der Waals surface area contributed by atoms with Gasteiger partial charge in [-0.2, -0.15) is 0 Å². The molecule has 0 unspecified atom stereocenters. The highest BCUT2D eigenvalue weighted by Gasteiger charge is 2.18. The molecule has 2 aromatic rings. The quantitative estimate of drug-likeness (QED) is 0.696. The van der Waals surface area contributed by atoms with E-state index in [2.05, 4.69) is 20.9 Å². The van der Waals surface area contributed by atoms with E-state index < -0.39 is 23.8 Å². The molecule has 1 aromatic heterocycles. The van der Waals surface area contributed by atoms with Crippen LogP contribution in [0.5, 0.6) is 0 Å². The standard InChI is InChI=1S/C13H9BrF2N2O/c14-8-3-4-9(15)7(12(8)16)6-11(19)13-10(17)2-1-5-18-13/h1-5H,6,17H2. The number of Topliss-reactive ketones (excluding diaryl/α,β-unsaturated/α-hetero) is 1. The van der Waals surface area contributed by atoms with Crippen LogP contribution in [-0.4, -0.2) is 10.8 Å². The minimum atomic E-state index is -0.789. The van der Waals surface area contributed by atoms with Crippen LogP contribution in [0.1, 0.15) is 16.1 Å². The largest absolute Gasteiger partial charge is 0.397 e. The number of anilines is 1. The zero-order chi connectivity index (χ0) is 14.0. The number of nitrogen functional groups attached to an aromatic ring is 1. The third kappa shape index (κ3) is 2.78. The van der Waals surface area contributed by atoms with Crippen LogP contribution in [0, 0.1) is 11.6 Å². The Morgan fingerprint density at radius 3 is 2.74 bits per heavy atom. The Labute approximate surface area is 116 Å². The predicted molar refractivity (Wildman–Crippen MR) is 70.7 cm³/mol. The summed E-state index contributed by atoms with van der Waals surface area (Å²) in [5, 5.41) is 0. The van der Waals surface area contributed by atoms with Gasteiger partial charge in [-0.15, -0.1) is 0 Å². The van der Waals surface area contributed by atoms with Gasteiger partial charge in [0.05, 0.1) is 10.2 Å². The van der Waals surface area contributed by atoms with Crippen molar-refractivity contribution in [1.29, 1.82) is 0 Å². The molecule has 0 aliphatic carbocycles. The summed E-state index contributed by atoms with van der Waals surface area (Å²) in [5.74, 6) is -2.10. The Hall–Kier alpha value is -1.82. The Balaban J connectivity index is 2.35. The zero-order valence-corrected chi connectivity index (χ0v) is 11.2. The lowest BCUT2D eigenvalue weighted by atomic mass is 10.0. The van der Waals surface area contributed by atoms with Crippen molar-refractivity contribution in [3.63, 3.8) is 0 Å². The molecule has 0 fully saturated rings. The van der Waals surface area contributed by atoms with Crippen LogP contribution in [0.2, 0.25) is 0 Å². The van der Waals surface area contributed by atoms with Gasteiger partial charge in [-0.05, 0) is 40.2 Å². The van der Waals surface area contributed by atoms with E-state index in [9.17, 15) is 13.6 Å². The number of aromatic nitrogens is 1. The number of ketones is 1. The Bertz CT molecular complexity index is 647. The molecule has 0 spiro atoms. The van der Waals surface area contributed by atoms with Gasteiger partial charge < -0.3 is 5.73 Å². The molecule has 0 amide bonds. The molecule has 0 saturated carbocycles. The summed E-state index contributed by atoms with van der Waals surface area (Å²) in [7, 11) is 0. The van der Waals surface area contributed by atoms with Crippen molar-refractivity contribution in [2.24, 2.45) is 0 Å². The first-order chi connectivity index (χ1) is 9.00. The van der Waals surface area contributed by atoms with Crippen LogP contribution in [0.15, 0.2) is 34.9 Å². The van der Waals surface area contributed by atoms with Gasteiger partial charge in [0.15, 0.2) is 5.78 Å². The van der Waals surface area contributed by atoms with E-state index >= 15 is 0 Å². The van der Waals surface area contributed by atoms with Crippen molar-refractivity contribution in [1.82, 2.24) is 4.98 Å². The monoisotopic (exact) mass is 326 g/mol. The molecule has 2 rings (SSSR count). The Morgan fingerprint density at radius 2 is 2.05 bits per heavy atom.